The van der Waals surface area contributed by atoms with Crippen molar-refractivity contribution < 1.29 is 22.7 Å². The van der Waals surface area contributed by atoms with Crippen LogP contribution in [0.25, 0.3) is 0 Å². The number of amides is 1. The lowest BCUT2D eigenvalue weighted by atomic mass is 10.1. The lowest BCUT2D eigenvalue weighted by molar-refractivity contribution is -0.124. The summed E-state index contributed by atoms with van der Waals surface area (Å²) >= 11 is 0. The molecule has 0 saturated carbocycles. The Labute approximate surface area is 159 Å². The summed E-state index contributed by atoms with van der Waals surface area (Å²) < 4.78 is 27.7. The molecule has 6 nitrogen and oxygen atoms in total. The Bertz CT molecular complexity index is 921. The Kier molecular flexibility index (Phi) is 7.12. The van der Waals surface area contributed by atoms with Gasteiger partial charge in [-0.1, -0.05) is 36.4 Å². The maximum Gasteiger partial charge on any atom is 0.338 e. The highest BCUT2D eigenvalue weighted by Gasteiger charge is 2.12. The molecular weight excluding hydrogens is 366 g/mol. The van der Waals surface area contributed by atoms with E-state index < -0.39 is 15.8 Å². The van der Waals surface area contributed by atoms with Crippen LogP contribution in [0.5, 0.6) is 0 Å². The van der Waals surface area contributed by atoms with Crippen molar-refractivity contribution in [2.75, 3.05) is 19.4 Å². The molecule has 0 radical (unpaired) electrons. The molecule has 0 spiro atoms. The fourth-order valence-corrected chi connectivity index (χ4v) is 3.37. The number of benzene rings is 2. The average Bonchev–Trinajstić information content (AvgIpc) is 2.60. The number of hydrogen-bond acceptors (Lipinski definition) is 5. The average molecular weight is 389 g/mol. The molecule has 2 aromatic rings. The van der Waals surface area contributed by atoms with E-state index in [1.54, 1.807) is 12.1 Å². The number of carbonyl (C=O) groups is 2. The SMILES string of the molecule is Cc1ccccc1CCNC(=O)COC(=O)c1cccc(CS(C)(=O)=O)c1. The van der Waals surface area contributed by atoms with E-state index in [0.717, 1.165) is 17.4 Å². The first-order chi connectivity index (χ1) is 12.7. The molecule has 1 N–H and O–H groups in total. The molecule has 2 aromatic carbocycles. The van der Waals surface area contributed by atoms with Gasteiger partial charge in [0.05, 0.1) is 11.3 Å². The van der Waals surface area contributed by atoms with Gasteiger partial charge in [-0.05, 0) is 42.2 Å². The number of ether oxygens (including phenoxy) is 1. The molecule has 0 aromatic heterocycles. The molecule has 0 saturated heterocycles. The smallest absolute Gasteiger partial charge is 0.338 e. The molecule has 2 rings (SSSR count). The maximum atomic E-state index is 12.1. The van der Waals surface area contributed by atoms with E-state index >= 15 is 0 Å². The molecule has 0 aliphatic rings. The number of nitrogens with one attached hydrogen (secondary N) is 1. The van der Waals surface area contributed by atoms with Gasteiger partial charge in [0.1, 0.15) is 0 Å². The van der Waals surface area contributed by atoms with Gasteiger partial charge in [0, 0.05) is 12.8 Å². The van der Waals surface area contributed by atoms with Crippen molar-refractivity contribution in [1.29, 1.82) is 0 Å². The summed E-state index contributed by atoms with van der Waals surface area (Å²) in [5, 5.41) is 2.71. The van der Waals surface area contributed by atoms with Gasteiger partial charge in [-0.15, -0.1) is 0 Å². The van der Waals surface area contributed by atoms with Crippen LogP contribution in [-0.2, 0) is 31.5 Å². The van der Waals surface area contributed by atoms with Crippen LogP contribution in [-0.4, -0.2) is 39.7 Å². The predicted octanol–water partition coefficient (Wildman–Crippen LogP) is 2.06. The van der Waals surface area contributed by atoms with E-state index in [1.165, 1.54) is 12.1 Å². The van der Waals surface area contributed by atoms with Crippen LogP contribution in [0, 0.1) is 6.92 Å². The van der Waals surface area contributed by atoms with Gasteiger partial charge in [0.25, 0.3) is 5.91 Å². The van der Waals surface area contributed by atoms with Gasteiger partial charge >= 0.3 is 5.97 Å². The number of carbonyl (C=O) groups excluding carboxylic acids is 2. The molecule has 0 fully saturated rings. The van der Waals surface area contributed by atoms with Gasteiger partial charge in [-0.25, -0.2) is 13.2 Å². The largest absolute Gasteiger partial charge is 0.452 e. The number of aryl methyl sites for hydroxylation is 1. The lowest BCUT2D eigenvalue weighted by Gasteiger charge is -2.09. The first-order valence-electron chi connectivity index (χ1n) is 8.49. The van der Waals surface area contributed by atoms with Gasteiger partial charge in [-0.3, -0.25) is 4.79 Å². The molecule has 27 heavy (non-hydrogen) atoms. The number of esters is 1. The Morgan fingerprint density at radius 2 is 1.81 bits per heavy atom. The zero-order chi connectivity index (χ0) is 19.9. The molecule has 0 unspecified atom stereocenters. The highest BCUT2D eigenvalue weighted by atomic mass is 32.2. The van der Waals surface area contributed by atoms with E-state index in [4.69, 9.17) is 4.74 Å². The summed E-state index contributed by atoms with van der Waals surface area (Å²) in [6.45, 7) is 2.07. The second-order valence-electron chi connectivity index (χ2n) is 6.37. The molecule has 0 heterocycles. The minimum absolute atomic E-state index is 0.159. The third kappa shape index (κ3) is 7.22. The normalized spacial score (nSPS) is 11.0. The van der Waals surface area contributed by atoms with Gasteiger partial charge in [0.2, 0.25) is 0 Å². The topological polar surface area (TPSA) is 89.5 Å². The third-order valence-corrected chi connectivity index (χ3v) is 4.76. The van der Waals surface area contributed by atoms with Crippen LogP contribution in [0.3, 0.4) is 0 Å². The second kappa shape index (κ2) is 9.32. The molecule has 7 heteroatoms. The zero-order valence-electron chi connectivity index (χ0n) is 15.4. The number of rotatable bonds is 8. The minimum Gasteiger partial charge on any atom is -0.452 e. The van der Waals surface area contributed by atoms with Crippen molar-refractivity contribution in [2.24, 2.45) is 0 Å². The predicted molar refractivity (Wildman–Crippen MR) is 103 cm³/mol. The number of hydrogen-bond donors (Lipinski definition) is 1. The summed E-state index contributed by atoms with van der Waals surface area (Å²) in [5.41, 5.74) is 3.02. The van der Waals surface area contributed by atoms with Crippen LogP contribution >= 0.6 is 0 Å². The summed E-state index contributed by atoms with van der Waals surface area (Å²) in [6, 6.07) is 14.1. The first kappa shape index (κ1) is 20.6. The summed E-state index contributed by atoms with van der Waals surface area (Å²) in [7, 11) is -3.20. The Hall–Kier alpha value is -2.67. The fraction of sp³-hybridized carbons (Fsp3) is 0.300. The number of sulfone groups is 1. The maximum absolute atomic E-state index is 12.1. The van der Waals surface area contributed by atoms with Crippen molar-refractivity contribution in [3.05, 3.63) is 70.8 Å². The van der Waals surface area contributed by atoms with E-state index in [2.05, 4.69) is 5.32 Å². The molecule has 1 amide bonds. The van der Waals surface area contributed by atoms with E-state index in [9.17, 15) is 18.0 Å². The van der Waals surface area contributed by atoms with E-state index in [0.29, 0.717) is 18.5 Å². The standard InChI is InChI=1S/C20H23NO5S/c1-15-6-3-4-8-17(15)10-11-21-19(22)13-26-20(23)18-9-5-7-16(12-18)14-27(2,24)25/h3-9,12H,10-11,13-14H2,1-2H3,(H,21,22). The molecule has 0 aliphatic heterocycles. The van der Waals surface area contributed by atoms with Crippen LogP contribution in [0.1, 0.15) is 27.0 Å². The molecule has 144 valence electrons. The third-order valence-electron chi connectivity index (χ3n) is 3.90. The summed E-state index contributed by atoms with van der Waals surface area (Å²) in [5.74, 6) is -1.21. The fourth-order valence-electron chi connectivity index (χ4n) is 2.58. The summed E-state index contributed by atoms with van der Waals surface area (Å²) in [6.07, 6.45) is 1.82. The molecular formula is C20H23NO5S. The highest BCUT2D eigenvalue weighted by Crippen LogP contribution is 2.10. The van der Waals surface area contributed by atoms with Crippen molar-refractivity contribution in [3.8, 4) is 0 Å². The first-order valence-corrected chi connectivity index (χ1v) is 10.6. The molecule has 0 aliphatic carbocycles. The van der Waals surface area contributed by atoms with Crippen LogP contribution < -0.4 is 5.32 Å². The van der Waals surface area contributed by atoms with Gasteiger partial charge in [0.15, 0.2) is 16.4 Å². The van der Waals surface area contributed by atoms with Crippen LogP contribution in [0.4, 0.5) is 0 Å². The van der Waals surface area contributed by atoms with E-state index in [-0.39, 0.29) is 23.8 Å². The second-order valence-corrected chi connectivity index (χ2v) is 8.51. The monoisotopic (exact) mass is 389 g/mol. The van der Waals surface area contributed by atoms with Gasteiger partial charge < -0.3 is 10.1 Å². The van der Waals surface area contributed by atoms with Crippen molar-refractivity contribution >= 4 is 21.7 Å². The highest BCUT2D eigenvalue weighted by molar-refractivity contribution is 7.89. The van der Waals surface area contributed by atoms with Crippen molar-refractivity contribution in [1.82, 2.24) is 5.32 Å². The van der Waals surface area contributed by atoms with Gasteiger partial charge in [-0.2, -0.15) is 0 Å². The zero-order valence-corrected chi connectivity index (χ0v) is 16.2. The van der Waals surface area contributed by atoms with Crippen molar-refractivity contribution in [3.63, 3.8) is 0 Å². The Morgan fingerprint density at radius 3 is 2.52 bits per heavy atom. The van der Waals surface area contributed by atoms with E-state index in [1.807, 2.05) is 31.2 Å². The van der Waals surface area contributed by atoms with Crippen molar-refractivity contribution in [2.45, 2.75) is 19.1 Å². The Morgan fingerprint density at radius 1 is 1.07 bits per heavy atom. The minimum atomic E-state index is -3.20. The van der Waals surface area contributed by atoms with Crippen LogP contribution in [0.15, 0.2) is 48.5 Å². The summed E-state index contributed by atoms with van der Waals surface area (Å²) in [4.78, 5) is 23.9. The molecule has 0 atom stereocenters. The lowest BCUT2D eigenvalue weighted by Crippen LogP contribution is -2.30. The quantitative estimate of drug-likeness (QED) is 0.698. The molecule has 0 bridgehead atoms. The Balaban J connectivity index is 1.80. The van der Waals surface area contributed by atoms with Crippen LogP contribution in [0.2, 0.25) is 0 Å².